The Morgan fingerprint density at radius 1 is 1.62 bits per heavy atom. The van der Waals surface area contributed by atoms with Crippen LogP contribution in [0.2, 0.25) is 0 Å². The first-order valence-electron chi connectivity index (χ1n) is 4.65. The Balaban J connectivity index is 2.20. The van der Waals surface area contributed by atoms with Crippen molar-refractivity contribution in [2.75, 3.05) is 5.32 Å². The molecule has 1 aliphatic carbocycles. The number of anilines is 1. The maximum Gasteiger partial charge on any atom is 0.129 e. The monoisotopic (exact) mass is 174 g/mol. The van der Waals surface area contributed by atoms with Crippen LogP contribution < -0.4 is 5.32 Å². The molecule has 0 aliphatic heterocycles. The highest BCUT2D eigenvalue weighted by molar-refractivity contribution is 5.53. The molecule has 2 heteroatoms. The second kappa shape index (κ2) is 3.21. The minimum atomic E-state index is 0.667. The fourth-order valence-electron chi connectivity index (χ4n) is 1.28. The molecule has 2 rings (SSSR count). The van der Waals surface area contributed by atoms with Crippen molar-refractivity contribution in [1.29, 1.82) is 0 Å². The van der Waals surface area contributed by atoms with E-state index < -0.39 is 0 Å². The van der Waals surface area contributed by atoms with Gasteiger partial charge in [0, 0.05) is 12.2 Å². The summed E-state index contributed by atoms with van der Waals surface area (Å²) in [5, 5.41) is 3.39. The van der Waals surface area contributed by atoms with Gasteiger partial charge in [-0.25, -0.2) is 4.98 Å². The van der Waals surface area contributed by atoms with E-state index in [9.17, 15) is 0 Å². The smallest absolute Gasteiger partial charge is 0.129 e. The fourth-order valence-corrected chi connectivity index (χ4v) is 1.28. The van der Waals surface area contributed by atoms with E-state index in [2.05, 4.69) is 29.9 Å². The minimum absolute atomic E-state index is 0.667. The van der Waals surface area contributed by atoms with E-state index in [1.165, 1.54) is 18.4 Å². The Morgan fingerprint density at radius 3 is 2.92 bits per heavy atom. The molecule has 0 unspecified atom stereocenters. The van der Waals surface area contributed by atoms with Crippen molar-refractivity contribution in [2.45, 2.75) is 25.8 Å². The van der Waals surface area contributed by atoms with Crippen molar-refractivity contribution in [1.82, 2.24) is 4.98 Å². The zero-order valence-electron chi connectivity index (χ0n) is 7.88. The summed E-state index contributed by atoms with van der Waals surface area (Å²) in [6, 6.07) is 2.77. The molecule has 2 nitrogen and oxygen atoms in total. The number of nitrogens with one attached hydrogen (secondary N) is 1. The van der Waals surface area contributed by atoms with Crippen molar-refractivity contribution in [3.63, 3.8) is 0 Å². The molecule has 1 saturated carbocycles. The Morgan fingerprint density at radius 2 is 2.38 bits per heavy atom. The third kappa shape index (κ3) is 1.89. The van der Waals surface area contributed by atoms with E-state index in [0.717, 1.165) is 11.4 Å². The lowest BCUT2D eigenvalue weighted by Gasteiger charge is -2.07. The molecule has 1 aromatic rings. The summed E-state index contributed by atoms with van der Waals surface area (Å²) in [4.78, 5) is 4.35. The molecule has 1 aromatic heterocycles. The van der Waals surface area contributed by atoms with E-state index in [4.69, 9.17) is 0 Å². The molecular weight excluding hydrogens is 160 g/mol. The van der Waals surface area contributed by atoms with Gasteiger partial charge in [-0.2, -0.15) is 0 Å². The lowest BCUT2D eigenvalue weighted by Crippen LogP contribution is -2.04. The molecular formula is C11H14N2. The van der Waals surface area contributed by atoms with Gasteiger partial charge in [-0.1, -0.05) is 12.7 Å². The van der Waals surface area contributed by atoms with Crippen LogP contribution in [0.4, 0.5) is 5.82 Å². The van der Waals surface area contributed by atoms with Crippen LogP contribution in [0.15, 0.2) is 18.8 Å². The number of pyridine rings is 1. The third-order valence-electron chi connectivity index (χ3n) is 2.25. The lowest BCUT2D eigenvalue weighted by atomic mass is 10.2. The fraction of sp³-hybridized carbons (Fsp3) is 0.364. The lowest BCUT2D eigenvalue weighted by molar-refractivity contribution is 1.10. The van der Waals surface area contributed by atoms with Crippen molar-refractivity contribution in [2.24, 2.45) is 0 Å². The zero-order valence-corrected chi connectivity index (χ0v) is 7.88. The first-order valence-corrected chi connectivity index (χ1v) is 4.65. The Kier molecular flexibility index (Phi) is 2.05. The Labute approximate surface area is 78.7 Å². The average Bonchev–Trinajstić information content (AvgIpc) is 2.92. The molecule has 0 radical (unpaired) electrons. The van der Waals surface area contributed by atoms with Gasteiger partial charge >= 0.3 is 0 Å². The highest BCUT2D eigenvalue weighted by Gasteiger charge is 2.21. The van der Waals surface area contributed by atoms with Crippen LogP contribution in [0.1, 0.15) is 24.0 Å². The average molecular weight is 174 g/mol. The molecule has 0 saturated heterocycles. The zero-order chi connectivity index (χ0) is 9.26. The van der Waals surface area contributed by atoms with E-state index in [0.29, 0.717) is 6.04 Å². The van der Waals surface area contributed by atoms with E-state index in [1.54, 1.807) is 0 Å². The largest absolute Gasteiger partial charge is 0.367 e. The number of hydrogen-bond acceptors (Lipinski definition) is 2. The van der Waals surface area contributed by atoms with Crippen LogP contribution in [0, 0.1) is 6.92 Å². The summed E-state index contributed by atoms with van der Waals surface area (Å²) >= 11 is 0. The number of aryl methyl sites for hydroxylation is 1. The predicted octanol–water partition coefficient (Wildman–Crippen LogP) is 2.61. The number of aromatic nitrogens is 1. The van der Waals surface area contributed by atoms with Crippen molar-refractivity contribution < 1.29 is 0 Å². The first kappa shape index (κ1) is 8.30. The molecule has 0 atom stereocenters. The molecule has 0 bridgehead atoms. The van der Waals surface area contributed by atoms with E-state index >= 15 is 0 Å². The third-order valence-corrected chi connectivity index (χ3v) is 2.25. The molecule has 0 amide bonds. The molecule has 13 heavy (non-hydrogen) atoms. The number of hydrogen-bond donors (Lipinski definition) is 1. The summed E-state index contributed by atoms with van der Waals surface area (Å²) in [5.74, 6) is 1.02. The van der Waals surface area contributed by atoms with Crippen LogP contribution in [-0.4, -0.2) is 11.0 Å². The van der Waals surface area contributed by atoms with Crippen molar-refractivity contribution in [3.05, 3.63) is 30.0 Å². The van der Waals surface area contributed by atoms with E-state index in [-0.39, 0.29) is 0 Å². The Bertz CT molecular complexity index is 327. The molecule has 0 spiro atoms. The van der Waals surface area contributed by atoms with Crippen LogP contribution in [0.25, 0.3) is 6.08 Å². The van der Waals surface area contributed by atoms with Crippen LogP contribution in [0.3, 0.4) is 0 Å². The standard InChI is InChI=1S/C11H14N2/c1-3-9-6-8(2)11(12-7-9)13-10-4-5-10/h3,6-7,10H,1,4-5H2,2H3,(H,12,13). The van der Waals surface area contributed by atoms with Gasteiger partial charge in [-0.3, -0.25) is 0 Å². The predicted molar refractivity (Wildman–Crippen MR) is 55.7 cm³/mol. The summed E-state index contributed by atoms with van der Waals surface area (Å²) < 4.78 is 0. The van der Waals surface area contributed by atoms with Gasteiger partial charge in [0.15, 0.2) is 0 Å². The molecule has 0 aromatic carbocycles. The van der Waals surface area contributed by atoms with Gasteiger partial charge < -0.3 is 5.32 Å². The molecule has 1 N–H and O–H groups in total. The molecule has 1 fully saturated rings. The highest BCUT2D eigenvalue weighted by Crippen LogP contribution is 2.25. The summed E-state index contributed by atoms with van der Waals surface area (Å²) in [6.07, 6.45) is 6.24. The van der Waals surface area contributed by atoms with Gasteiger partial charge in [0.05, 0.1) is 0 Å². The first-order chi connectivity index (χ1) is 6.29. The second-order valence-corrected chi connectivity index (χ2v) is 3.56. The topological polar surface area (TPSA) is 24.9 Å². The quantitative estimate of drug-likeness (QED) is 0.761. The van der Waals surface area contributed by atoms with Crippen molar-refractivity contribution in [3.8, 4) is 0 Å². The van der Waals surface area contributed by atoms with Gasteiger partial charge in [0.2, 0.25) is 0 Å². The van der Waals surface area contributed by atoms with Gasteiger partial charge in [-0.15, -0.1) is 0 Å². The summed E-state index contributed by atoms with van der Waals surface area (Å²) in [5.41, 5.74) is 2.28. The number of nitrogens with zero attached hydrogens (tertiary/aromatic N) is 1. The molecule has 1 aliphatic rings. The summed E-state index contributed by atoms with van der Waals surface area (Å²) in [6.45, 7) is 5.79. The van der Waals surface area contributed by atoms with Crippen molar-refractivity contribution >= 4 is 11.9 Å². The van der Waals surface area contributed by atoms with Gasteiger partial charge in [-0.05, 0) is 37.0 Å². The number of rotatable bonds is 3. The highest BCUT2D eigenvalue weighted by atomic mass is 15.0. The SMILES string of the molecule is C=Cc1cnc(NC2CC2)c(C)c1. The van der Waals surface area contributed by atoms with Gasteiger partial charge in [0.1, 0.15) is 5.82 Å². The minimum Gasteiger partial charge on any atom is -0.367 e. The molecule has 1 heterocycles. The van der Waals surface area contributed by atoms with Crippen LogP contribution in [-0.2, 0) is 0 Å². The Hall–Kier alpha value is -1.31. The molecule has 68 valence electrons. The van der Waals surface area contributed by atoms with E-state index in [1.807, 2.05) is 12.3 Å². The summed E-state index contributed by atoms with van der Waals surface area (Å²) in [7, 11) is 0. The second-order valence-electron chi connectivity index (χ2n) is 3.56. The maximum atomic E-state index is 4.35. The van der Waals surface area contributed by atoms with Crippen LogP contribution in [0.5, 0.6) is 0 Å². The van der Waals surface area contributed by atoms with Gasteiger partial charge in [0.25, 0.3) is 0 Å². The van der Waals surface area contributed by atoms with Crippen LogP contribution >= 0.6 is 0 Å². The maximum absolute atomic E-state index is 4.35. The normalized spacial score (nSPS) is 15.5.